The summed E-state index contributed by atoms with van der Waals surface area (Å²) in [5.74, 6) is -0.254. The third kappa shape index (κ3) is 4.44. The number of methoxy groups -OCH3 is 1. The summed E-state index contributed by atoms with van der Waals surface area (Å²) in [6.07, 6.45) is 0. The second-order valence-electron chi connectivity index (χ2n) is 7.06. The molecule has 0 aliphatic rings. The summed E-state index contributed by atoms with van der Waals surface area (Å²) < 4.78 is 4.60. The SMILES string of the molecule is COC(=O)C(=N)c1cc(NCc2cccc(-c3csc(C(C)C)n3)c2O)ccc1N. The molecule has 156 valence electrons. The van der Waals surface area contributed by atoms with E-state index in [0.717, 1.165) is 10.7 Å². The van der Waals surface area contributed by atoms with Crippen LogP contribution < -0.4 is 11.1 Å². The van der Waals surface area contributed by atoms with Gasteiger partial charge < -0.3 is 20.9 Å². The molecule has 7 nitrogen and oxygen atoms in total. The lowest BCUT2D eigenvalue weighted by atomic mass is 10.1. The van der Waals surface area contributed by atoms with E-state index < -0.39 is 5.97 Å². The van der Waals surface area contributed by atoms with Crippen LogP contribution in [0.15, 0.2) is 41.8 Å². The van der Waals surface area contributed by atoms with Crippen molar-refractivity contribution in [3.63, 3.8) is 0 Å². The molecule has 0 saturated heterocycles. The van der Waals surface area contributed by atoms with Crippen LogP contribution in [0.1, 0.15) is 35.9 Å². The zero-order valence-electron chi connectivity index (χ0n) is 17.0. The summed E-state index contributed by atoms with van der Waals surface area (Å²) in [4.78, 5) is 16.3. The van der Waals surface area contributed by atoms with Crippen LogP contribution in [0.3, 0.4) is 0 Å². The number of aromatic nitrogens is 1. The molecule has 0 unspecified atom stereocenters. The number of nitrogens with one attached hydrogen (secondary N) is 2. The number of nitrogens with zero attached hydrogens (tertiary/aromatic N) is 1. The summed E-state index contributed by atoms with van der Waals surface area (Å²) in [5.41, 5.74) is 8.98. The third-order valence-corrected chi connectivity index (χ3v) is 5.75. The molecule has 5 N–H and O–H groups in total. The average Bonchev–Trinajstić information content (AvgIpc) is 3.23. The van der Waals surface area contributed by atoms with Gasteiger partial charge in [-0.2, -0.15) is 0 Å². The minimum atomic E-state index is -0.756. The van der Waals surface area contributed by atoms with Crippen molar-refractivity contribution in [1.29, 1.82) is 5.41 Å². The van der Waals surface area contributed by atoms with Gasteiger partial charge in [0, 0.05) is 45.9 Å². The zero-order valence-corrected chi connectivity index (χ0v) is 17.8. The van der Waals surface area contributed by atoms with E-state index in [1.165, 1.54) is 7.11 Å². The van der Waals surface area contributed by atoms with Gasteiger partial charge >= 0.3 is 5.97 Å². The molecule has 0 aliphatic carbocycles. The molecule has 0 atom stereocenters. The molecule has 0 radical (unpaired) electrons. The van der Waals surface area contributed by atoms with Gasteiger partial charge in [0.05, 0.1) is 17.8 Å². The van der Waals surface area contributed by atoms with E-state index >= 15 is 0 Å². The number of benzene rings is 2. The molecule has 0 saturated carbocycles. The van der Waals surface area contributed by atoms with Crippen molar-refractivity contribution in [2.45, 2.75) is 26.3 Å². The molecule has 8 heteroatoms. The van der Waals surface area contributed by atoms with E-state index in [-0.39, 0.29) is 17.0 Å². The number of thiazole rings is 1. The van der Waals surface area contributed by atoms with Crippen LogP contribution >= 0.6 is 11.3 Å². The number of rotatable bonds is 7. The molecule has 1 aromatic heterocycles. The second kappa shape index (κ2) is 8.96. The summed E-state index contributed by atoms with van der Waals surface area (Å²) in [5, 5.41) is 24.9. The number of hydrogen-bond acceptors (Lipinski definition) is 8. The molecule has 0 aliphatic heterocycles. The number of anilines is 2. The normalized spacial score (nSPS) is 10.8. The van der Waals surface area contributed by atoms with Gasteiger partial charge in [-0.05, 0) is 24.3 Å². The Morgan fingerprint density at radius 1 is 1.33 bits per heavy atom. The highest BCUT2D eigenvalue weighted by Gasteiger charge is 2.16. The first-order chi connectivity index (χ1) is 14.3. The van der Waals surface area contributed by atoms with Crippen molar-refractivity contribution in [2.24, 2.45) is 0 Å². The topological polar surface area (TPSA) is 121 Å². The van der Waals surface area contributed by atoms with Gasteiger partial charge in [-0.25, -0.2) is 9.78 Å². The van der Waals surface area contributed by atoms with Crippen molar-refractivity contribution < 1.29 is 14.6 Å². The highest BCUT2D eigenvalue weighted by Crippen LogP contribution is 2.34. The molecule has 30 heavy (non-hydrogen) atoms. The number of nitrogens with two attached hydrogens (primary N) is 1. The number of esters is 1. The summed E-state index contributed by atoms with van der Waals surface area (Å²) in [6.45, 7) is 4.52. The molecule has 0 spiro atoms. The van der Waals surface area contributed by atoms with Crippen LogP contribution in [0.2, 0.25) is 0 Å². The fourth-order valence-electron chi connectivity index (χ4n) is 2.91. The lowest BCUT2D eigenvalue weighted by Gasteiger charge is -2.13. The van der Waals surface area contributed by atoms with Crippen molar-refractivity contribution in [2.75, 3.05) is 18.2 Å². The smallest absolute Gasteiger partial charge is 0.356 e. The molecule has 0 bridgehead atoms. The van der Waals surface area contributed by atoms with Crippen LogP contribution in [0.4, 0.5) is 11.4 Å². The second-order valence-corrected chi connectivity index (χ2v) is 7.95. The summed E-state index contributed by atoms with van der Waals surface area (Å²) in [6, 6.07) is 10.5. The van der Waals surface area contributed by atoms with Crippen LogP contribution in [-0.4, -0.2) is 28.9 Å². The fraction of sp³-hybridized carbons (Fsp3) is 0.227. The number of hydrogen-bond donors (Lipinski definition) is 4. The van der Waals surface area contributed by atoms with Crippen molar-refractivity contribution in [3.8, 4) is 17.0 Å². The van der Waals surface area contributed by atoms with Crippen LogP contribution in [-0.2, 0) is 16.1 Å². The van der Waals surface area contributed by atoms with E-state index in [1.807, 2.05) is 23.6 Å². The molecular formula is C22H24N4O3S. The lowest BCUT2D eigenvalue weighted by molar-refractivity contribution is -0.132. The number of para-hydroxylation sites is 1. The summed E-state index contributed by atoms with van der Waals surface area (Å²) in [7, 11) is 1.22. The monoisotopic (exact) mass is 424 g/mol. The number of carbonyl (C=O) groups excluding carboxylic acids is 1. The maximum Gasteiger partial charge on any atom is 0.356 e. The van der Waals surface area contributed by atoms with E-state index in [4.69, 9.17) is 11.1 Å². The minimum absolute atomic E-state index is 0.170. The highest BCUT2D eigenvalue weighted by molar-refractivity contribution is 7.10. The number of ether oxygens (including phenoxy) is 1. The molecule has 3 rings (SSSR count). The number of phenolic OH excluding ortho intramolecular Hbond substituents is 1. The van der Waals surface area contributed by atoms with Gasteiger partial charge in [-0.3, -0.25) is 5.41 Å². The molecule has 3 aromatic rings. The Morgan fingerprint density at radius 3 is 2.77 bits per heavy atom. The Bertz CT molecular complexity index is 1090. The Morgan fingerprint density at radius 2 is 2.10 bits per heavy atom. The fourth-order valence-corrected chi connectivity index (χ4v) is 3.74. The first-order valence-electron chi connectivity index (χ1n) is 9.39. The van der Waals surface area contributed by atoms with Gasteiger partial charge in [0.1, 0.15) is 11.5 Å². The van der Waals surface area contributed by atoms with E-state index in [0.29, 0.717) is 35.0 Å². The number of nitrogen functional groups attached to an aromatic ring is 1. The molecule has 0 amide bonds. The Balaban J connectivity index is 1.81. The summed E-state index contributed by atoms with van der Waals surface area (Å²) >= 11 is 1.58. The third-order valence-electron chi connectivity index (χ3n) is 4.61. The first-order valence-corrected chi connectivity index (χ1v) is 10.3. The van der Waals surface area contributed by atoms with Gasteiger partial charge in [-0.1, -0.05) is 26.0 Å². The van der Waals surface area contributed by atoms with Gasteiger partial charge in [-0.15, -0.1) is 11.3 Å². The maximum absolute atomic E-state index is 11.7. The maximum atomic E-state index is 11.7. The highest BCUT2D eigenvalue weighted by atomic mass is 32.1. The van der Waals surface area contributed by atoms with E-state index in [1.54, 1.807) is 29.5 Å². The van der Waals surface area contributed by atoms with Crippen LogP contribution in [0, 0.1) is 5.41 Å². The number of aromatic hydroxyl groups is 1. The quantitative estimate of drug-likeness (QED) is 0.254. The Labute approximate surface area is 179 Å². The van der Waals surface area contributed by atoms with Gasteiger partial charge in [0.15, 0.2) is 0 Å². The standard InChI is InChI=1S/C22H24N4O3S/c1-12(2)21-26-18(11-30-21)15-6-4-5-13(20(15)27)10-25-14-7-8-17(23)16(9-14)19(24)22(28)29-3/h4-9,11-12,24-25,27H,10,23H2,1-3H3. The number of phenols is 1. The van der Waals surface area contributed by atoms with Crippen molar-refractivity contribution >= 4 is 34.4 Å². The Hall–Kier alpha value is -3.39. The van der Waals surface area contributed by atoms with E-state index in [2.05, 4.69) is 28.9 Å². The van der Waals surface area contributed by atoms with E-state index in [9.17, 15) is 9.90 Å². The first kappa shape index (κ1) is 21.3. The predicted octanol–water partition coefficient (Wildman–Crippen LogP) is 4.37. The van der Waals surface area contributed by atoms with Crippen molar-refractivity contribution in [3.05, 3.63) is 57.9 Å². The number of carbonyl (C=O) groups is 1. The molecule has 1 heterocycles. The van der Waals surface area contributed by atoms with Crippen LogP contribution in [0.5, 0.6) is 5.75 Å². The molecule has 2 aromatic carbocycles. The zero-order chi connectivity index (χ0) is 21.8. The van der Waals surface area contributed by atoms with Gasteiger partial charge in [0.2, 0.25) is 0 Å². The molecular weight excluding hydrogens is 400 g/mol. The van der Waals surface area contributed by atoms with Crippen LogP contribution in [0.25, 0.3) is 11.3 Å². The largest absolute Gasteiger partial charge is 0.507 e. The van der Waals surface area contributed by atoms with Crippen molar-refractivity contribution in [1.82, 2.24) is 4.98 Å². The molecule has 0 fully saturated rings. The Kier molecular flexibility index (Phi) is 6.37. The lowest BCUT2D eigenvalue weighted by Crippen LogP contribution is -2.17. The predicted molar refractivity (Wildman–Crippen MR) is 120 cm³/mol. The van der Waals surface area contributed by atoms with Gasteiger partial charge in [0.25, 0.3) is 0 Å². The average molecular weight is 425 g/mol. The minimum Gasteiger partial charge on any atom is -0.507 e.